The fraction of sp³-hybridized carbons (Fsp3) is 0.375. The molecule has 4 rings (SSSR count). The van der Waals surface area contributed by atoms with Crippen LogP contribution in [0.3, 0.4) is 0 Å². The monoisotopic (exact) mass is 422 g/mol. The number of benzene rings is 2. The number of fused-ring (bicyclic) bond motifs is 2. The normalized spacial score (nSPS) is 20.4. The maximum absolute atomic E-state index is 12.0. The van der Waals surface area contributed by atoms with E-state index in [9.17, 15) is 14.9 Å². The van der Waals surface area contributed by atoms with Gasteiger partial charge in [-0.2, -0.15) is 0 Å². The van der Waals surface area contributed by atoms with E-state index in [-0.39, 0.29) is 24.2 Å². The Kier molecular flexibility index (Phi) is 4.80. The first-order valence-electron chi connectivity index (χ1n) is 10.3. The highest BCUT2D eigenvalue weighted by Crippen LogP contribution is 2.54. The lowest BCUT2D eigenvalue weighted by atomic mass is 9.76. The van der Waals surface area contributed by atoms with Gasteiger partial charge in [0, 0.05) is 36.0 Å². The number of ether oxygens (including phenoxy) is 2. The van der Waals surface area contributed by atoms with Gasteiger partial charge in [0.05, 0.1) is 16.3 Å². The molecule has 2 aromatic carbocycles. The zero-order chi connectivity index (χ0) is 22.6. The standard InChI is InChI=1S/C24H26N2O5/c1-15(2)22(27)30-14-17-13-18(26(28)29)12-16-10-11-24(31-21(16)17)23(3,4)19-8-6-7-9-20(19)25(24)5/h6-13,15H,14H2,1-5H3. The molecule has 2 heterocycles. The maximum Gasteiger partial charge on any atom is 0.308 e. The molecule has 0 amide bonds. The Balaban J connectivity index is 1.80. The van der Waals surface area contributed by atoms with E-state index in [1.54, 1.807) is 13.8 Å². The van der Waals surface area contributed by atoms with Gasteiger partial charge in [-0.1, -0.05) is 32.0 Å². The number of carbonyl (C=O) groups excluding carboxylic acids is 1. The van der Waals surface area contributed by atoms with E-state index in [0.717, 1.165) is 11.3 Å². The van der Waals surface area contributed by atoms with Crippen LogP contribution in [0.2, 0.25) is 0 Å². The fourth-order valence-electron chi connectivity index (χ4n) is 4.47. The first kappa shape index (κ1) is 20.9. The summed E-state index contributed by atoms with van der Waals surface area (Å²) in [7, 11) is 1.98. The van der Waals surface area contributed by atoms with Crippen LogP contribution in [-0.2, 0) is 21.6 Å². The smallest absolute Gasteiger partial charge is 0.308 e. The highest BCUT2D eigenvalue weighted by Gasteiger charge is 2.57. The summed E-state index contributed by atoms with van der Waals surface area (Å²) in [4.78, 5) is 25.1. The Morgan fingerprint density at radius 2 is 1.97 bits per heavy atom. The molecule has 0 fully saturated rings. The van der Waals surface area contributed by atoms with Crippen molar-refractivity contribution < 1.29 is 19.2 Å². The predicted molar refractivity (Wildman–Crippen MR) is 118 cm³/mol. The maximum atomic E-state index is 12.0. The number of anilines is 1. The number of nitro benzene ring substituents is 1. The molecule has 2 aliphatic heterocycles. The second-order valence-electron chi connectivity index (χ2n) is 8.88. The van der Waals surface area contributed by atoms with Crippen molar-refractivity contribution in [2.24, 2.45) is 5.92 Å². The Hall–Kier alpha value is -3.35. The van der Waals surface area contributed by atoms with Crippen molar-refractivity contribution in [2.75, 3.05) is 11.9 Å². The molecule has 162 valence electrons. The topological polar surface area (TPSA) is 81.9 Å². The van der Waals surface area contributed by atoms with Crippen LogP contribution in [0.4, 0.5) is 11.4 Å². The number of hydrogen-bond acceptors (Lipinski definition) is 6. The van der Waals surface area contributed by atoms with Crippen molar-refractivity contribution in [3.8, 4) is 5.75 Å². The van der Waals surface area contributed by atoms with Crippen LogP contribution >= 0.6 is 0 Å². The van der Waals surface area contributed by atoms with E-state index in [1.807, 2.05) is 31.3 Å². The van der Waals surface area contributed by atoms with Gasteiger partial charge in [0.15, 0.2) is 0 Å². The molecule has 0 aliphatic carbocycles. The largest absolute Gasteiger partial charge is 0.462 e. The molecule has 1 unspecified atom stereocenters. The van der Waals surface area contributed by atoms with Crippen molar-refractivity contribution in [1.82, 2.24) is 0 Å². The summed E-state index contributed by atoms with van der Waals surface area (Å²) in [6.45, 7) is 7.63. The van der Waals surface area contributed by atoms with Gasteiger partial charge in [0.2, 0.25) is 5.72 Å². The molecule has 0 aromatic heterocycles. The molecule has 0 saturated heterocycles. The van der Waals surface area contributed by atoms with Gasteiger partial charge >= 0.3 is 5.97 Å². The van der Waals surface area contributed by atoms with Crippen molar-refractivity contribution in [3.63, 3.8) is 0 Å². The van der Waals surface area contributed by atoms with E-state index in [0.29, 0.717) is 16.9 Å². The van der Waals surface area contributed by atoms with Crippen LogP contribution in [0.1, 0.15) is 44.4 Å². The average molecular weight is 422 g/mol. The van der Waals surface area contributed by atoms with Crippen LogP contribution in [0.15, 0.2) is 42.5 Å². The lowest BCUT2D eigenvalue weighted by Crippen LogP contribution is -2.58. The Labute approximate surface area is 181 Å². The molecular weight excluding hydrogens is 396 g/mol. The Morgan fingerprint density at radius 3 is 2.61 bits per heavy atom. The quantitative estimate of drug-likeness (QED) is 0.399. The summed E-state index contributed by atoms with van der Waals surface area (Å²) in [6.07, 6.45) is 3.83. The van der Waals surface area contributed by atoms with Crippen molar-refractivity contribution in [1.29, 1.82) is 0 Å². The Morgan fingerprint density at radius 1 is 1.26 bits per heavy atom. The molecule has 7 heteroatoms. The molecule has 2 aliphatic rings. The van der Waals surface area contributed by atoms with Crippen LogP contribution in [0.25, 0.3) is 6.08 Å². The number of likely N-dealkylation sites (N-methyl/N-ethyl adjacent to an activating group) is 1. The van der Waals surface area contributed by atoms with E-state index in [4.69, 9.17) is 9.47 Å². The van der Waals surface area contributed by atoms with Gasteiger partial charge in [-0.05, 0) is 37.6 Å². The molecule has 0 bridgehead atoms. The van der Waals surface area contributed by atoms with Crippen LogP contribution in [0.5, 0.6) is 5.75 Å². The summed E-state index contributed by atoms with van der Waals surface area (Å²) in [5.74, 6) is -0.166. The minimum absolute atomic E-state index is 0.0686. The molecule has 1 atom stereocenters. The first-order valence-corrected chi connectivity index (χ1v) is 10.3. The van der Waals surface area contributed by atoms with Gasteiger partial charge in [-0.3, -0.25) is 14.9 Å². The molecule has 0 N–H and O–H groups in total. The number of carbonyl (C=O) groups is 1. The molecule has 0 radical (unpaired) electrons. The van der Waals surface area contributed by atoms with Gasteiger partial charge in [0.1, 0.15) is 12.4 Å². The van der Waals surface area contributed by atoms with Gasteiger partial charge in [-0.15, -0.1) is 0 Å². The van der Waals surface area contributed by atoms with Gasteiger partial charge in [0.25, 0.3) is 5.69 Å². The van der Waals surface area contributed by atoms with Crippen molar-refractivity contribution >= 4 is 23.4 Å². The summed E-state index contributed by atoms with van der Waals surface area (Å²) in [6, 6.07) is 11.1. The molecule has 0 saturated carbocycles. The molecule has 31 heavy (non-hydrogen) atoms. The van der Waals surface area contributed by atoms with Crippen LogP contribution in [0, 0.1) is 16.0 Å². The number of nitrogens with zero attached hydrogens (tertiary/aromatic N) is 2. The minimum Gasteiger partial charge on any atom is -0.462 e. The molecule has 7 nitrogen and oxygen atoms in total. The second kappa shape index (κ2) is 7.11. The third-order valence-corrected chi connectivity index (χ3v) is 6.31. The summed E-state index contributed by atoms with van der Waals surface area (Å²) >= 11 is 0. The highest BCUT2D eigenvalue weighted by atomic mass is 16.6. The number of hydrogen-bond donors (Lipinski definition) is 0. The van der Waals surface area contributed by atoms with Crippen molar-refractivity contribution in [2.45, 2.75) is 45.4 Å². The summed E-state index contributed by atoms with van der Waals surface area (Å²) < 4.78 is 12.1. The van der Waals surface area contributed by atoms with Crippen molar-refractivity contribution in [3.05, 3.63) is 69.3 Å². The number of rotatable bonds is 4. The third-order valence-electron chi connectivity index (χ3n) is 6.31. The molecule has 2 aromatic rings. The zero-order valence-corrected chi connectivity index (χ0v) is 18.3. The second-order valence-corrected chi connectivity index (χ2v) is 8.88. The van der Waals surface area contributed by atoms with Crippen LogP contribution < -0.4 is 9.64 Å². The van der Waals surface area contributed by atoms with Gasteiger partial charge < -0.3 is 14.4 Å². The number of non-ortho nitro benzene ring substituents is 1. The molecule has 1 spiro atoms. The molecular formula is C24H26N2O5. The first-order chi connectivity index (χ1) is 14.6. The fourth-order valence-corrected chi connectivity index (χ4v) is 4.47. The van der Waals surface area contributed by atoms with Gasteiger partial charge in [-0.25, -0.2) is 0 Å². The SMILES string of the molecule is CC(C)C(=O)OCc1cc([N+](=O)[O-])cc2c1OC1(C=C2)N(C)c2ccccc2C1(C)C. The number of para-hydroxylation sites is 1. The lowest BCUT2D eigenvalue weighted by molar-refractivity contribution is -0.385. The predicted octanol–water partition coefficient (Wildman–Crippen LogP) is 4.82. The Bertz CT molecular complexity index is 1110. The lowest BCUT2D eigenvalue weighted by Gasteiger charge is -2.46. The minimum atomic E-state index is -0.823. The van der Waals surface area contributed by atoms with E-state index in [2.05, 4.69) is 30.9 Å². The van der Waals surface area contributed by atoms with E-state index >= 15 is 0 Å². The average Bonchev–Trinajstić information content (AvgIpc) is 2.90. The third kappa shape index (κ3) is 3.07. The number of esters is 1. The highest BCUT2D eigenvalue weighted by molar-refractivity contribution is 5.74. The summed E-state index contributed by atoms with van der Waals surface area (Å²) in [5, 5.41) is 11.5. The number of nitro groups is 1. The zero-order valence-electron chi connectivity index (χ0n) is 18.3. The summed E-state index contributed by atoms with van der Waals surface area (Å²) in [5.41, 5.74) is 1.99. The van der Waals surface area contributed by atoms with E-state index in [1.165, 1.54) is 12.1 Å². The van der Waals surface area contributed by atoms with E-state index < -0.39 is 16.1 Å². The van der Waals surface area contributed by atoms with Crippen LogP contribution in [-0.4, -0.2) is 23.7 Å².